The zero-order chi connectivity index (χ0) is 25.9. The van der Waals surface area contributed by atoms with Crippen LogP contribution in [-0.2, 0) is 13.0 Å². The Morgan fingerprint density at radius 3 is 2.62 bits per heavy atom. The van der Waals surface area contributed by atoms with Crippen molar-refractivity contribution >= 4 is 11.6 Å². The molecule has 1 N–H and O–H groups in total. The number of H-pyrrole nitrogens is 1. The molecule has 0 aliphatic carbocycles. The van der Waals surface area contributed by atoms with Gasteiger partial charge in [0.15, 0.2) is 5.82 Å². The molecule has 1 aromatic carbocycles. The molecule has 5 rings (SSSR count). The summed E-state index contributed by atoms with van der Waals surface area (Å²) in [7, 11) is 0. The minimum absolute atomic E-state index is 0.0448. The Balaban J connectivity index is 1.63. The molecule has 0 radical (unpaired) electrons. The van der Waals surface area contributed by atoms with Crippen LogP contribution in [0.5, 0.6) is 0 Å². The Hall–Kier alpha value is -4.05. The maximum atomic E-state index is 13.9. The molecule has 0 amide bonds. The number of imidazole rings is 1. The highest BCUT2D eigenvalue weighted by Crippen LogP contribution is 2.32. The third-order valence-electron chi connectivity index (χ3n) is 6.33. The maximum absolute atomic E-state index is 13.9. The molecule has 0 aliphatic rings. The van der Waals surface area contributed by atoms with E-state index in [0.717, 1.165) is 47.2 Å². The number of hydrogen-bond donors (Lipinski definition) is 1. The highest BCUT2D eigenvalue weighted by Gasteiger charge is 2.21. The third-order valence-corrected chi connectivity index (χ3v) is 6.59. The summed E-state index contributed by atoms with van der Waals surface area (Å²) in [5.74, 6) is 1.08. The monoisotopic (exact) mass is 517 g/mol. The van der Waals surface area contributed by atoms with E-state index in [9.17, 15) is 4.79 Å². The van der Waals surface area contributed by atoms with Crippen molar-refractivity contribution in [1.29, 1.82) is 0 Å². The van der Waals surface area contributed by atoms with E-state index >= 15 is 0 Å². The first kappa shape index (κ1) is 24.6. The van der Waals surface area contributed by atoms with E-state index in [2.05, 4.69) is 37.6 Å². The van der Waals surface area contributed by atoms with Crippen molar-refractivity contribution in [2.24, 2.45) is 0 Å². The molecule has 4 heterocycles. The van der Waals surface area contributed by atoms with Gasteiger partial charge in [0.25, 0.3) is 0 Å². The molecule has 4 aromatic heterocycles. The minimum atomic E-state index is -0.170. The number of nitrogens with zero attached hydrogens (tertiary/aromatic N) is 8. The molecule has 0 spiro atoms. The first-order valence-electron chi connectivity index (χ1n) is 12.3. The van der Waals surface area contributed by atoms with Crippen LogP contribution in [0.3, 0.4) is 0 Å². The van der Waals surface area contributed by atoms with Gasteiger partial charge in [0.2, 0.25) is 5.82 Å². The fourth-order valence-electron chi connectivity index (χ4n) is 4.52. The topological polar surface area (TPSA) is 112 Å². The molecular weight excluding hydrogens is 490 g/mol. The van der Waals surface area contributed by atoms with Crippen molar-refractivity contribution in [3.05, 3.63) is 81.9 Å². The number of benzene rings is 1. The van der Waals surface area contributed by atoms with Crippen LogP contribution >= 0.6 is 11.6 Å². The van der Waals surface area contributed by atoms with Crippen LogP contribution in [0.25, 0.3) is 28.3 Å². The van der Waals surface area contributed by atoms with E-state index in [1.807, 2.05) is 50.4 Å². The van der Waals surface area contributed by atoms with Gasteiger partial charge in [0.05, 0.1) is 12.7 Å². The number of nitrogens with one attached hydrogen (secondary N) is 1. The van der Waals surface area contributed by atoms with Gasteiger partial charge in [0, 0.05) is 35.9 Å². The van der Waals surface area contributed by atoms with Crippen LogP contribution < -0.4 is 5.69 Å². The Bertz CT molecular complexity index is 1560. The summed E-state index contributed by atoms with van der Waals surface area (Å²) in [6.45, 7) is 6.51. The van der Waals surface area contributed by atoms with Crippen molar-refractivity contribution in [1.82, 2.24) is 44.5 Å². The SMILES string of the molecule is CCCCc1cn(-c2c(Cl)cnn2C(C)C)c(=O)n1Cc1cnccc1-c1ccccc1-c1nn[nH]n1. The smallest absolute Gasteiger partial charge is 0.291 e. The van der Waals surface area contributed by atoms with Crippen LogP contribution in [0.4, 0.5) is 0 Å². The summed E-state index contributed by atoms with van der Waals surface area (Å²) in [5.41, 5.74) is 4.39. The standard InChI is InChI=1S/C26H28ClN9O/c1-4-5-8-19-16-35(25-23(27)14-29-36(25)17(2)3)26(37)34(19)15-18-13-28-12-11-20(18)21-9-6-7-10-22(21)24-30-32-33-31-24/h6-7,9-14,16-17H,4-5,8,15H2,1-3H3,(H,30,31,32,33). The van der Waals surface area contributed by atoms with Crippen molar-refractivity contribution in [2.45, 2.75) is 52.6 Å². The van der Waals surface area contributed by atoms with Gasteiger partial charge >= 0.3 is 5.69 Å². The predicted octanol–water partition coefficient (Wildman–Crippen LogP) is 4.70. The lowest BCUT2D eigenvalue weighted by Gasteiger charge is -2.14. The lowest BCUT2D eigenvalue weighted by Crippen LogP contribution is -2.27. The van der Waals surface area contributed by atoms with E-state index in [1.54, 1.807) is 32.4 Å². The molecule has 0 aliphatic heterocycles. The van der Waals surface area contributed by atoms with Gasteiger partial charge in [0.1, 0.15) is 5.02 Å². The predicted molar refractivity (Wildman–Crippen MR) is 142 cm³/mol. The minimum Gasteiger partial charge on any atom is -0.291 e. The average Bonchev–Trinajstić information content (AvgIpc) is 3.64. The zero-order valence-electron chi connectivity index (χ0n) is 21.0. The lowest BCUT2D eigenvalue weighted by molar-refractivity contribution is 0.518. The van der Waals surface area contributed by atoms with Gasteiger partial charge < -0.3 is 0 Å². The fourth-order valence-corrected chi connectivity index (χ4v) is 4.74. The van der Waals surface area contributed by atoms with E-state index in [0.29, 0.717) is 23.2 Å². The summed E-state index contributed by atoms with van der Waals surface area (Å²) in [4.78, 5) is 18.2. The Kier molecular flexibility index (Phi) is 7.00. The van der Waals surface area contributed by atoms with Gasteiger partial charge in [-0.2, -0.15) is 10.3 Å². The summed E-state index contributed by atoms with van der Waals surface area (Å²) >= 11 is 6.51. The number of tetrazole rings is 1. The van der Waals surface area contributed by atoms with E-state index in [4.69, 9.17) is 11.6 Å². The molecule has 0 saturated carbocycles. The van der Waals surface area contributed by atoms with Crippen LogP contribution in [0.2, 0.25) is 5.02 Å². The van der Waals surface area contributed by atoms with Crippen LogP contribution in [-0.4, -0.2) is 44.5 Å². The first-order chi connectivity index (χ1) is 18.0. The van der Waals surface area contributed by atoms with Crippen LogP contribution in [0.15, 0.2) is 59.9 Å². The molecule has 5 aromatic rings. The fraction of sp³-hybridized carbons (Fsp3) is 0.308. The molecule has 37 heavy (non-hydrogen) atoms. The zero-order valence-corrected chi connectivity index (χ0v) is 21.7. The maximum Gasteiger partial charge on any atom is 0.334 e. The second-order valence-electron chi connectivity index (χ2n) is 9.13. The third kappa shape index (κ3) is 4.72. The molecule has 0 fully saturated rings. The van der Waals surface area contributed by atoms with Gasteiger partial charge in [-0.25, -0.2) is 9.48 Å². The largest absolute Gasteiger partial charge is 0.334 e. The number of aromatic amines is 1. The lowest BCUT2D eigenvalue weighted by atomic mass is 9.96. The quantitative estimate of drug-likeness (QED) is 0.303. The highest BCUT2D eigenvalue weighted by molar-refractivity contribution is 6.32. The highest BCUT2D eigenvalue weighted by atomic mass is 35.5. The van der Waals surface area contributed by atoms with Crippen LogP contribution in [0.1, 0.15) is 50.9 Å². The van der Waals surface area contributed by atoms with E-state index in [-0.39, 0.29) is 11.7 Å². The number of aromatic nitrogens is 9. The number of rotatable bonds is 9. The summed E-state index contributed by atoms with van der Waals surface area (Å²) in [5, 5.41) is 19.4. The number of halogens is 1. The van der Waals surface area contributed by atoms with E-state index < -0.39 is 0 Å². The Morgan fingerprint density at radius 1 is 1.08 bits per heavy atom. The molecule has 0 atom stereocenters. The first-order valence-corrected chi connectivity index (χ1v) is 12.7. The van der Waals surface area contributed by atoms with Crippen molar-refractivity contribution in [3.63, 3.8) is 0 Å². The second kappa shape index (κ2) is 10.5. The average molecular weight is 518 g/mol. The molecule has 190 valence electrons. The number of aryl methyl sites for hydroxylation is 1. The Morgan fingerprint density at radius 2 is 1.89 bits per heavy atom. The molecule has 0 saturated heterocycles. The summed E-state index contributed by atoms with van der Waals surface area (Å²) < 4.78 is 5.19. The number of pyridine rings is 1. The molecule has 0 unspecified atom stereocenters. The molecule has 0 bridgehead atoms. The summed E-state index contributed by atoms with van der Waals surface area (Å²) in [6.07, 6.45) is 9.77. The van der Waals surface area contributed by atoms with Gasteiger partial charge in [-0.15, -0.1) is 10.2 Å². The number of hydrogen-bond acceptors (Lipinski definition) is 6. The van der Waals surface area contributed by atoms with Crippen molar-refractivity contribution < 1.29 is 0 Å². The van der Waals surface area contributed by atoms with Crippen LogP contribution in [0, 0.1) is 0 Å². The van der Waals surface area contributed by atoms with Gasteiger partial charge in [-0.1, -0.05) is 49.2 Å². The second-order valence-corrected chi connectivity index (χ2v) is 9.54. The number of unbranched alkanes of at least 4 members (excludes halogenated alkanes) is 1. The Labute approximate surface area is 218 Å². The van der Waals surface area contributed by atoms with Gasteiger partial charge in [-0.05, 0) is 54.7 Å². The molecular formula is C26H28ClN9O. The van der Waals surface area contributed by atoms with E-state index in [1.165, 1.54) is 0 Å². The molecule has 10 nitrogen and oxygen atoms in total. The van der Waals surface area contributed by atoms with Crippen molar-refractivity contribution in [3.8, 4) is 28.3 Å². The normalized spacial score (nSPS) is 11.5. The molecule has 11 heteroatoms. The summed E-state index contributed by atoms with van der Waals surface area (Å²) in [6, 6.07) is 9.86. The van der Waals surface area contributed by atoms with Crippen molar-refractivity contribution in [2.75, 3.05) is 0 Å². The van der Waals surface area contributed by atoms with Gasteiger partial charge in [-0.3, -0.25) is 14.1 Å².